The number of nitrogens with one attached hydrogen (secondary N) is 1. The minimum Gasteiger partial charge on any atom is -0.463 e. The van der Waals surface area contributed by atoms with Crippen LogP contribution in [0.2, 0.25) is 0 Å². The third-order valence-electron chi connectivity index (χ3n) is 2.95. The SMILES string of the molecule is N=c1sc2nc3ccccc3nc2n1/N=C/c1ccco1. The highest BCUT2D eigenvalue weighted by Gasteiger charge is 2.09. The highest BCUT2D eigenvalue weighted by Crippen LogP contribution is 2.17. The fourth-order valence-corrected chi connectivity index (χ4v) is 2.77. The highest BCUT2D eigenvalue weighted by atomic mass is 32.1. The van der Waals surface area contributed by atoms with Gasteiger partial charge in [-0.05, 0) is 24.3 Å². The molecule has 4 aromatic rings. The van der Waals surface area contributed by atoms with Crippen LogP contribution in [0.15, 0.2) is 52.2 Å². The molecule has 102 valence electrons. The Morgan fingerprint density at radius 3 is 2.71 bits per heavy atom. The summed E-state index contributed by atoms with van der Waals surface area (Å²) in [5.74, 6) is 0.620. The molecule has 0 atom stereocenters. The van der Waals surface area contributed by atoms with Crippen LogP contribution >= 0.6 is 11.3 Å². The molecule has 0 aliphatic carbocycles. The molecule has 6 nitrogen and oxygen atoms in total. The van der Waals surface area contributed by atoms with Crippen molar-refractivity contribution in [2.75, 3.05) is 0 Å². The summed E-state index contributed by atoms with van der Waals surface area (Å²) in [6.45, 7) is 0. The van der Waals surface area contributed by atoms with E-state index >= 15 is 0 Å². The smallest absolute Gasteiger partial charge is 0.206 e. The van der Waals surface area contributed by atoms with Crippen LogP contribution < -0.4 is 4.80 Å². The molecule has 0 bridgehead atoms. The first-order valence-corrected chi connectivity index (χ1v) is 7.04. The van der Waals surface area contributed by atoms with Crippen molar-refractivity contribution in [1.29, 1.82) is 5.41 Å². The van der Waals surface area contributed by atoms with Crippen LogP contribution in [0, 0.1) is 5.41 Å². The molecule has 1 aromatic carbocycles. The Bertz CT molecular complexity index is 1010. The number of rotatable bonds is 2. The maximum atomic E-state index is 8.02. The van der Waals surface area contributed by atoms with Crippen molar-refractivity contribution >= 4 is 39.1 Å². The van der Waals surface area contributed by atoms with Crippen molar-refractivity contribution in [1.82, 2.24) is 14.6 Å². The first-order chi connectivity index (χ1) is 10.3. The average molecular weight is 295 g/mol. The fraction of sp³-hybridized carbons (Fsp3) is 0. The van der Waals surface area contributed by atoms with Gasteiger partial charge in [-0.25, -0.2) is 9.97 Å². The van der Waals surface area contributed by atoms with Crippen LogP contribution in [0.4, 0.5) is 0 Å². The highest BCUT2D eigenvalue weighted by molar-refractivity contribution is 7.15. The van der Waals surface area contributed by atoms with Gasteiger partial charge in [0.1, 0.15) is 5.76 Å². The van der Waals surface area contributed by atoms with Gasteiger partial charge in [0.05, 0.1) is 23.5 Å². The Hall–Kier alpha value is -2.80. The third kappa shape index (κ3) is 2.03. The summed E-state index contributed by atoms with van der Waals surface area (Å²) in [7, 11) is 0. The standard InChI is InChI=1S/C14H9N5OS/c15-14-19(16-8-9-4-3-7-20-9)12-13(21-14)18-11-6-2-1-5-10(11)17-12/h1-8,15H/b15-14?,16-8+. The summed E-state index contributed by atoms with van der Waals surface area (Å²) in [6, 6.07) is 11.2. The molecule has 7 heteroatoms. The largest absolute Gasteiger partial charge is 0.463 e. The van der Waals surface area contributed by atoms with Gasteiger partial charge in [-0.15, -0.1) is 0 Å². The molecule has 21 heavy (non-hydrogen) atoms. The van der Waals surface area contributed by atoms with E-state index in [9.17, 15) is 0 Å². The zero-order valence-electron chi connectivity index (χ0n) is 10.7. The second-order valence-electron chi connectivity index (χ2n) is 4.32. The molecule has 0 radical (unpaired) electrons. The Morgan fingerprint density at radius 2 is 1.95 bits per heavy atom. The Balaban J connectivity index is 1.94. The third-order valence-corrected chi connectivity index (χ3v) is 3.78. The monoisotopic (exact) mass is 295 g/mol. The van der Waals surface area contributed by atoms with Gasteiger partial charge in [0.15, 0.2) is 10.5 Å². The lowest BCUT2D eigenvalue weighted by Crippen LogP contribution is -2.08. The number of fused-ring (bicyclic) bond motifs is 2. The summed E-state index contributed by atoms with van der Waals surface area (Å²) in [5.41, 5.74) is 2.17. The molecule has 0 aliphatic heterocycles. The van der Waals surface area contributed by atoms with E-state index in [0.717, 1.165) is 11.0 Å². The van der Waals surface area contributed by atoms with Crippen molar-refractivity contribution in [2.24, 2.45) is 5.10 Å². The van der Waals surface area contributed by atoms with Crippen LogP contribution in [0.3, 0.4) is 0 Å². The zero-order valence-corrected chi connectivity index (χ0v) is 11.5. The first-order valence-electron chi connectivity index (χ1n) is 6.22. The summed E-state index contributed by atoms with van der Waals surface area (Å²) < 4.78 is 6.66. The maximum absolute atomic E-state index is 8.02. The van der Waals surface area contributed by atoms with Gasteiger partial charge in [0.25, 0.3) is 0 Å². The lowest BCUT2D eigenvalue weighted by atomic mass is 10.3. The van der Waals surface area contributed by atoms with Gasteiger partial charge in [0.2, 0.25) is 4.80 Å². The lowest BCUT2D eigenvalue weighted by Gasteiger charge is -1.98. The molecule has 0 amide bonds. The van der Waals surface area contributed by atoms with E-state index in [-0.39, 0.29) is 4.80 Å². The number of hydrogen-bond acceptors (Lipinski definition) is 6. The molecule has 0 saturated heterocycles. The van der Waals surface area contributed by atoms with E-state index in [4.69, 9.17) is 9.83 Å². The van der Waals surface area contributed by atoms with E-state index in [1.54, 1.807) is 24.6 Å². The lowest BCUT2D eigenvalue weighted by molar-refractivity contribution is 0.559. The fourth-order valence-electron chi connectivity index (χ4n) is 2.00. The zero-order chi connectivity index (χ0) is 14.2. The molecule has 3 heterocycles. The van der Waals surface area contributed by atoms with Crippen molar-refractivity contribution in [3.8, 4) is 0 Å². The van der Waals surface area contributed by atoms with E-state index < -0.39 is 0 Å². The molecule has 3 aromatic heterocycles. The minimum atomic E-state index is 0.267. The Morgan fingerprint density at radius 1 is 1.14 bits per heavy atom. The van der Waals surface area contributed by atoms with Gasteiger partial charge in [0, 0.05) is 0 Å². The predicted octanol–water partition coefficient (Wildman–Crippen LogP) is 2.60. The van der Waals surface area contributed by atoms with Crippen molar-refractivity contribution < 1.29 is 4.42 Å². The topological polar surface area (TPSA) is 80.1 Å². The van der Waals surface area contributed by atoms with Crippen molar-refractivity contribution in [3.05, 3.63) is 53.2 Å². The number of furan rings is 1. The minimum absolute atomic E-state index is 0.267. The van der Waals surface area contributed by atoms with Gasteiger partial charge >= 0.3 is 0 Å². The summed E-state index contributed by atoms with van der Waals surface area (Å²) in [5, 5.41) is 12.3. The maximum Gasteiger partial charge on any atom is 0.206 e. The summed E-state index contributed by atoms with van der Waals surface area (Å²) in [6.07, 6.45) is 3.13. The van der Waals surface area contributed by atoms with E-state index in [2.05, 4.69) is 15.1 Å². The normalized spacial score (nSPS) is 11.8. The molecule has 0 spiro atoms. The molecule has 0 saturated carbocycles. The van der Waals surface area contributed by atoms with Crippen LogP contribution in [0.1, 0.15) is 5.76 Å². The Kier molecular flexibility index (Phi) is 2.65. The summed E-state index contributed by atoms with van der Waals surface area (Å²) >= 11 is 1.24. The molecule has 0 fully saturated rings. The predicted molar refractivity (Wildman–Crippen MR) is 80.5 cm³/mol. The average Bonchev–Trinajstić information content (AvgIpc) is 3.10. The molecular weight excluding hydrogens is 286 g/mol. The van der Waals surface area contributed by atoms with Crippen molar-refractivity contribution in [3.63, 3.8) is 0 Å². The van der Waals surface area contributed by atoms with Crippen LogP contribution in [-0.4, -0.2) is 20.9 Å². The van der Waals surface area contributed by atoms with Crippen molar-refractivity contribution in [2.45, 2.75) is 0 Å². The van der Waals surface area contributed by atoms with E-state index in [1.807, 2.05) is 24.3 Å². The van der Waals surface area contributed by atoms with Gasteiger partial charge in [-0.1, -0.05) is 23.5 Å². The van der Waals surface area contributed by atoms with Gasteiger partial charge in [-0.2, -0.15) is 9.78 Å². The second kappa shape index (κ2) is 4.64. The molecule has 0 unspecified atom stereocenters. The number of hydrogen-bond donors (Lipinski definition) is 1. The number of aromatic nitrogens is 3. The van der Waals surface area contributed by atoms with E-state index in [0.29, 0.717) is 16.2 Å². The second-order valence-corrected chi connectivity index (χ2v) is 5.30. The van der Waals surface area contributed by atoms with Crippen LogP contribution in [-0.2, 0) is 0 Å². The molecule has 1 N–H and O–H groups in total. The number of nitrogens with zero attached hydrogens (tertiary/aromatic N) is 4. The van der Waals surface area contributed by atoms with Crippen LogP contribution in [0.5, 0.6) is 0 Å². The molecular formula is C14H9N5OS. The summed E-state index contributed by atoms with van der Waals surface area (Å²) in [4.78, 5) is 10.0. The Labute approximate surface area is 122 Å². The number of para-hydroxylation sites is 2. The number of thiazole rings is 1. The number of benzene rings is 1. The van der Waals surface area contributed by atoms with Gasteiger partial charge < -0.3 is 4.42 Å². The molecule has 4 rings (SSSR count). The van der Waals surface area contributed by atoms with E-state index in [1.165, 1.54) is 16.0 Å². The molecule has 0 aliphatic rings. The van der Waals surface area contributed by atoms with Gasteiger partial charge in [-0.3, -0.25) is 5.41 Å². The first kappa shape index (κ1) is 12.0. The van der Waals surface area contributed by atoms with Crippen LogP contribution in [0.25, 0.3) is 21.5 Å². The quantitative estimate of drug-likeness (QED) is 0.577.